The van der Waals surface area contributed by atoms with Crippen LogP contribution in [0.4, 0.5) is 5.82 Å². The van der Waals surface area contributed by atoms with E-state index >= 15 is 0 Å². The van der Waals surface area contributed by atoms with Crippen molar-refractivity contribution >= 4 is 11.5 Å². The number of anilines is 1. The van der Waals surface area contributed by atoms with E-state index in [0.29, 0.717) is 6.54 Å². The number of benzene rings is 2. The van der Waals surface area contributed by atoms with E-state index < -0.39 is 0 Å². The molecule has 0 unspecified atom stereocenters. The Balaban J connectivity index is 1.59. The van der Waals surface area contributed by atoms with Gasteiger partial charge in [-0.1, -0.05) is 60.7 Å². The van der Waals surface area contributed by atoms with E-state index in [1.165, 1.54) is 0 Å². The van der Waals surface area contributed by atoms with E-state index in [9.17, 15) is 5.11 Å². The summed E-state index contributed by atoms with van der Waals surface area (Å²) in [6.07, 6.45) is 2.05. The van der Waals surface area contributed by atoms with E-state index in [-0.39, 0.29) is 6.61 Å². The van der Waals surface area contributed by atoms with E-state index in [1.807, 2.05) is 16.6 Å². The summed E-state index contributed by atoms with van der Waals surface area (Å²) in [7, 11) is 2.05. The molecule has 0 amide bonds. The highest BCUT2D eigenvalue weighted by Crippen LogP contribution is 2.37. The van der Waals surface area contributed by atoms with Crippen molar-refractivity contribution in [2.24, 2.45) is 7.05 Å². The van der Waals surface area contributed by atoms with Gasteiger partial charge in [0.05, 0.1) is 23.6 Å². The number of rotatable bonds is 6. The standard InChI is InChI=1S/C29H30N6O/c1-32-14-8-13-25(32)28-27(23-11-6-3-7-12-23)29-30-24(22-9-4-2-5-10-22)21-26(35(29)31-28)34-17-15-33(16-18-34)19-20-36/h2-14,21,36H,15-20H2,1H3. The fourth-order valence-electron chi connectivity index (χ4n) is 5.08. The first-order valence-electron chi connectivity index (χ1n) is 12.5. The molecule has 7 heteroatoms. The third-order valence-electron chi connectivity index (χ3n) is 7.00. The van der Waals surface area contributed by atoms with Gasteiger partial charge in [-0.25, -0.2) is 4.98 Å². The molecule has 5 aromatic rings. The summed E-state index contributed by atoms with van der Waals surface area (Å²) in [5.74, 6) is 1.04. The number of nitrogens with zero attached hydrogens (tertiary/aromatic N) is 6. The third kappa shape index (κ3) is 4.06. The molecule has 0 atom stereocenters. The summed E-state index contributed by atoms with van der Waals surface area (Å²) in [5, 5.41) is 14.6. The molecule has 1 saturated heterocycles. The Morgan fingerprint density at radius 2 is 1.53 bits per heavy atom. The largest absolute Gasteiger partial charge is 0.395 e. The van der Waals surface area contributed by atoms with Crippen molar-refractivity contribution in [2.75, 3.05) is 44.2 Å². The molecular weight excluding hydrogens is 448 g/mol. The average Bonchev–Trinajstić information content (AvgIpc) is 3.53. The van der Waals surface area contributed by atoms with Crippen LogP contribution in [0.3, 0.4) is 0 Å². The zero-order chi connectivity index (χ0) is 24.5. The van der Waals surface area contributed by atoms with Gasteiger partial charge in [-0.05, 0) is 17.7 Å². The predicted octanol–water partition coefficient (Wildman–Crippen LogP) is 4.18. The maximum atomic E-state index is 9.38. The predicted molar refractivity (Wildman–Crippen MR) is 144 cm³/mol. The molecule has 0 radical (unpaired) electrons. The van der Waals surface area contributed by atoms with Crippen molar-refractivity contribution in [1.29, 1.82) is 0 Å². The van der Waals surface area contributed by atoms with Crippen molar-refractivity contribution in [3.05, 3.63) is 85.1 Å². The molecule has 0 saturated carbocycles. The highest BCUT2D eigenvalue weighted by Gasteiger charge is 2.25. The number of hydrogen-bond acceptors (Lipinski definition) is 5. The van der Waals surface area contributed by atoms with E-state index in [1.54, 1.807) is 0 Å². The first kappa shape index (κ1) is 22.5. The Kier molecular flexibility index (Phi) is 6.01. The second-order valence-electron chi connectivity index (χ2n) is 9.25. The van der Waals surface area contributed by atoms with Gasteiger partial charge in [0.1, 0.15) is 11.5 Å². The molecule has 6 rings (SSSR count). The lowest BCUT2D eigenvalue weighted by atomic mass is 10.0. The lowest BCUT2D eigenvalue weighted by Crippen LogP contribution is -2.47. The number of aliphatic hydroxyl groups excluding tert-OH is 1. The van der Waals surface area contributed by atoms with Crippen LogP contribution < -0.4 is 4.90 Å². The number of aliphatic hydroxyl groups is 1. The van der Waals surface area contributed by atoms with E-state index in [2.05, 4.69) is 94.3 Å². The third-order valence-corrected chi connectivity index (χ3v) is 7.00. The number of fused-ring (bicyclic) bond motifs is 1. The van der Waals surface area contributed by atoms with Crippen LogP contribution in [-0.4, -0.2) is 68.5 Å². The summed E-state index contributed by atoms with van der Waals surface area (Å²) < 4.78 is 4.14. The Bertz CT molecular complexity index is 1470. The number of aryl methyl sites for hydroxylation is 1. The first-order valence-corrected chi connectivity index (χ1v) is 12.5. The maximum absolute atomic E-state index is 9.38. The monoisotopic (exact) mass is 478 g/mol. The molecule has 7 nitrogen and oxygen atoms in total. The minimum Gasteiger partial charge on any atom is -0.395 e. The molecule has 0 spiro atoms. The smallest absolute Gasteiger partial charge is 0.166 e. The van der Waals surface area contributed by atoms with Crippen LogP contribution in [0.5, 0.6) is 0 Å². The number of hydrogen-bond donors (Lipinski definition) is 1. The van der Waals surface area contributed by atoms with Gasteiger partial charge < -0.3 is 14.6 Å². The molecule has 1 fully saturated rings. The van der Waals surface area contributed by atoms with E-state index in [4.69, 9.17) is 10.1 Å². The normalized spacial score (nSPS) is 14.6. The van der Waals surface area contributed by atoms with Crippen LogP contribution in [0, 0.1) is 0 Å². The van der Waals surface area contributed by atoms with Gasteiger partial charge >= 0.3 is 0 Å². The number of piperazine rings is 1. The molecule has 0 aliphatic carbocycles. The summed E-state index contributed by atoms with van der Waals surface area (Å²) in [6, 6.07) is 27.1. The topological polar surface area (TPSA) is 61.8 Å². The van der Waals surface area contributed by atoms with Crippen molar-refractivity contribution in [3.63, 3.8) is 0 Å². The lowest BCUT2D eigenvalue weighted by Gasteiger charge is -2.35. The van der Waals surface area contributed by atoms with Crippen LogP contribution in [0.25, 0.3) is 39.4 Å². The molecule has 3 aromatic heterocycles. The summed E-state index contributed by atoms with van der Waals surface area (Å²) in [6.45, 7) is 4.45. The maximum Gasteiger partial charge on any atom is 0.166 e. The lowest BCUT2D eigenvalue weighted by molar-refractivity contribution is 0.188. The summed E-state index contributed by atoms with van der Waals surface area (Å²) in [4.78, 5) is 9.90. The van der Waals surface area contributed by atoms with Gasteiger partial charge in [-0.2, -0.15) is 9.61 Å². The quantitative estimate of drug-likeness (QED) is 0.397. The van der Waals surface area contributed by atoms with Crippen molar-refractivity contribution in [2.45, 2.75) is 0 Å². The fraction of sp³-hybridized carbons (Fsp3) is 0.241. The molecule has 4 heterocycles. The molecule has 1 N–H and O–H groups in total. The van der Waals surface area contributed by atoms with Crippen molar-refractivity contribution in [1.82, 2.24) is 24.1 Å². The zero-order valence-corrected chi connectivity index (χ0v) is 20.5. The second-order valence-corrected chi connectivity index (χ2v) is 9.25. The van der Waals surface area contributed by atoms with Crippen molar-refractivity contribution < 1.29 is 5.11 Å². The van der Waals surface area contributed by atoms with Crippen LogP contribution in [0.15, 0.2) is 85.1 Å². The highest BCUT2D eigenvalue weighted by atomic mass is 16.3. The Morgan fingerprint density at radius 3 is 2.17 bits per heavy atom. The van der Waals surface area contributed by atoms with E-state index in [0.717, 1.165) is 71.4 Å². The van der Waals surface area contributed by atoms with Crippen LogP contribution in [0.2, 0.25) is 0 Å². The SMILES string of the molecule is Cn1cccc1-c1nn2c(N3CCN(CCO)CC3)cc(-c3ccccc3)nc2c1-c1ccccc1. The van der Waals surface area contributed by atoms with Gasteiger partial charge in [0, 0.05) is 57.6 Å². The van der Waals surface area contributed by atoms with Crippen LogP contribution >= 0.6 is 0 Å². The van der Waals surface area contributed by atoms with Gasteiger partial charge in [0.25, 0.3) is 0 Å². The zero-order valence-electron chi connectivity index (χ0n) is 20.5. The van der Waals surface area contributed by atoms with Gasteiger partial charge in [0.15, 0.2) is 5.65 Å². The summed E-state index contributed by atoms with van der Waals surface area (Å²) in [5.41, 5.74) is 6.99. The minimum atomic E-state index is 0.192. The van der Waals surface area contributed by atoms with Gasteiger partial charge in [0.2, 0.25) is 0 Å². The van der Waals surface area contributed by atoms with Gasteiger partial charge in [-0.15, -0.1) is 0 Å². The fourth-order valence-corrected chi connectivity index (χ4v) is 5.08. The molecular formula is C29H30N6O. The number of β-amino-alcohol motifs (C(OH)–C–C–N with tert-alkyl or cyclic N) is 1. The molecule has 2 aromatic carbocycles. The van der Waals surface area contributed by atoms with Crippen molar-refractivity contribution in [3.8, 4) is 33.8 Å². The Labute approximate surface area is 210 Å². The summed E-state index contributed by atoms with van der Waals surface area (Å²) >= 11 is 0. The molecule has 0 bridgehead atoms. The minimum absolute atomic E-state index is 0.192. The highest BCUT2D eigenvalue weighted by molar-refractivity contribution is 5.91. The second kappa shape index (κ2) is 9.60. The molecule has 36 heavy (non-hydrogen) atoms. The molecule has 182 valence electrons. The average molecular weight is 479 g/mol. The van der Waals surface area contributed by atoms with Crippen LogP contribution in [-0.2, 0) is 7.05 Å². The Hall–Kier alpha value is -3.94. The Morgan fingerprint density at radius 1 is 0.833 bits per heavy atom. The number of aromatic nitrogens is 4. The first-order chi connectivity index (χ1) is 17.7. The molecule has 1 aliphatic heterocycles. The molecule has 1 aliphatic rings. The van der Waals surface area contributed by atoms with Crippen LogP contribution in [0.1, 0.15) is 0 Å². The van der Waals surface area contributed by atoms with Gasteiger partial charge in [-0.3, -0.25) is 4.90 Å².